The van der Waals surface area contributed by atoms with Crippen LogP contribution in [0.25, 0.3) is 0 Å². The Labute approximate surface area is 236 Å². The molecule has 1 atom stereocenters. The predicted molar refractivity (Wildman–Crippen MR) is 150 cm³/mol. The zero-order chi connectivity index (χ0) is 28.8. The largest absolute Gasteiger partial charge is 0.490 e. The first-order valence-electron chi connectivity index (χ1n) is 12.7. The maximum absolute atomic E-state index is 13.2. The molecule has 0 spiro atoms. The number of carbonyl (C=O) groups excluding carboxylic acids is 1. The van der Waals surface area contributed by atoms with E-state index in [1.54, 1.807) is 66.7 Å². The Balaban J connectivity index is 1.36. The molecular formula is C33H25FN2O5. The van der Waals surface area contributed by atoms with Gasteiger partial charge in [-0.2, -0.15) is 5.26 Å². The molecule has 2 N–H and O–H groups in total. The molecule has 0 radical (unpaired) electrons. The molecule has 0 bridgehead atoms. The van der Waals surface area contributed by atoms with Gasteiger partial charge in [0.2, 0.25) is 5.88 Å². The summed E-state index contributed by atoms with van der Waals surface area (Å²) < 4.78 is 35.9. The van der Waals surface area contributed by atoms with Gasteiger partial charge in [-0.3, -0.25) is 0 Å². The van der Waals surface area contributed by atoms with E-state index >= 15 is 0 Å². The Morgan fingerprint density at radius 1 is 0.976 bits per heavy atom. The Bertz CT molecular complexity index is 1660. The second-order valence-electron chi connectivity index (χ2n) is 9.13. The summed E-state index contributed by atoms with van der Waals surface area (Å²) in [5.74, 6) is 0.347. The zero-order valence-corrected chi connectivity index (χ0v) is 21.9. The van der Waals surface area contributed by atoms with Crippen LogP contribution < -0.4 is 24.7 Å². The van der Waals surface area contributed by atoms with Crippen LogP contribution in [-0.4, -0.2) is 12.6 Å². The second kappa shape index (κ2) is 12.1. The van der Waals surface area contributed by atoms with E-state index in [1.165, 1.54) is 12.1 Å². The summed E-state index contributed by atoms with van der Waals surface area (Å²) in [5, 5.41) is 9.92. The van der Waals surface area contributed by atoms with Crippen LogP contribution in [0.2, 0.25) is 0 Å². The Morgan fingerprint density at radius 2 is 1.73 bits per heavy atom. The fraction of sp³-hybridized carbons (Fsp3) is 0.0909. The van der Waals surface area contributed by atoms with E-state index in [1.807, 2.05) is 18.2 Å². The van der Waals surface area contributed by atoms with E-state index in [-0.39, 0.29) is 29.6 Å². The first kappa shape index (κ1) is 27.0. The number of nitrogens with two attached hydrogens (primary N) is 1. The molecule has 0 aromatic heterocycles. The van der Waals surface area contributed by atoms with Crippen LogP contribution in [0.15, 0.2) is 115 Å². The molecule has 0 amide bonds. The van der Waals surface area contributed by atoms with Gasteiger partial charge < -0.3 is 24.7 Å². The van der Waals surface area contributed by atoms with Gasteiger partial charge in [0.15, 0.2) is 0 Å². The fourth-order valence-corrected chi connectivity index (χ4v) is 4.38. The van der Waals surface area contributed by atoms with Crippen molar-refractivity contribution in [2.75, 3.05) is 6.61 Å². The highest BCUT2D eigenvalue weighted by Crippen LogP contribution is 2.44. The summed E-state index contributed by atoms with van der Waals surface area (Å²) in [4.78, 5) is 12.7. The van der Waals surface area contributed by atoms with E-state index in [0.29, 0.717) is 35.0 Å². The highest BCUT2D eigenvalue weighted by Gasteiger charge is 2.31. The van der Waals surface area contributed by atoms with E-state index in [4.69, 9.17) is 24.7 Å². The standard InChI is InChI=1S/C33H25FN2O5/c1-2-16-38-25-12-8-22(9-13-25)33(37)40-27-14-15-28-30(18-27)41-32(36)29(19-35)31(28)23-4-3-5-26(17-23)39-20-21-6-10-24(34)11-7-21/h2-15,17-18,31H,1,16,20,36H2. The van der Waals surface area contributed by atoms with Crippen molar-refractivity contribution >= 4 is 5.97 Å². The van der Waals surface area contributed by atoms with Gasteiger partial charge in [-0.05, 0) is 65.7 Å². The molecule has 0 aliphatic carbocycles. The van der Waals surface area contributed by atoms with Crippen LogP contribution in [0, 0.1) is 17.1 Å². The third kappa shape index (κ3) is 6.21. The Morgan fingerprint density at radius 3 is 2.46 bits per heavy atom. The molecular weight excluding hydrogens is 523 g/mol. The lowest BCUT2D eigenvalue weighted by Crippen LogP contribution is -2.21. The van der Waals surface area contributed by atoms with Crippen molar-refractivity contribution < 1.29 is 28.1 Å². The third-order valence-corrected chi connectivity index (χ3v) is 6.37. The number of fused-ring (bicyclic) bond motifs is 1. The molecule has 204 valence electrons. The first-order valence-corrected chi connectivity index (χ1v) is 12.7. The van der Waals surface area contributed by atoms with Gasteiger partial charge in [0.25, 0.3) is 0 Å². The van der Waals surface area contributed by atoms with Crippen molar-refractivity contribution in [3.63, 3.8) is 0 Å². The van der Waals surface area contributed by atoms with E-state index in [9.17, 15) is 14.4 Å². The fourth-order valence-electron chi connectivity index (χ4n) is 4.38. The molecule has 4 aromatic rings. The molecule has 41 heavy (non-hydrogen) atoms. The minimum Gasteiger partial charge on any atom is -0.490 e. The lowest BCUT2D eigenvalue weighted by Gasteiger charge is -2.27. The van der Waals surface area contributed by atoms with E-state index < -0.39 is 11.9 Å². The van der Waals surface area contributed by atoms with Gasteiger partial charge in [0.05, 0.1) is 11.5 Å². The summed E-state index contributed by atoms with van der Waals surface area (Å²) in [6, 6.07) is 27.0. The number of benzene rings is 4. The topological polar surface area (TPSA) is 104 Å². The number of nitriles is 1. The van der Waals surface area contributed by atoms with Crippen molar-refractivity contribution in [1.82, 2.24) is 0 Å². The second-order valence-corrected chi connectivity index (χ2v) is 9.13. The number of hydrogen-bond donors (Lipinski definition) is 1. The summed E-state index contributed by atoms with van der Waals surface area (Å²) >= 11 is 0. The van der Waals surface area contributed by atoms with Crippen LogP contribution in [0.4, 0.5) is 4.39 Å². The van der Waals surface area contributed by atoms with Crippen LogP contribution in [0.3, 0.4) is 0 Å². The quantitative estimate of drug-likeness (QED) is 0.146. The number of halogens is 1. The van der Waals surface area contributed by atoms with Gasteiger partial charge >= 0.3 is 5.97 Å². The molecule has 7 nitrogen and oxygen atoms in total. The molecule has 0 saturated heterocycles. The van der Waals surface area contributed by atoms with Crippen molar-refractivity contribution in [2.24, 2.45) is 5.73 Å². The van der Waals surface area contributed by atoms with E-state index in [0.717, 1.165) is 11.1 Å². The average molecular weight is 549 g/mol. The van der Waals surface area contributed by atoms with Gasteiger partial charge in [0, 0.05) is 11.6 Å². The molecule has 4 aromatic carbocycles. The zero-order valence-electron chi connectivity index (χ0n) is 21.9. The van der Waals surface area contributed by atoms with Crippen LogP contribution >= 0.6 is 0 Å². The van der Waals surface area contributed by atoms with E-state index in [2.05, 4.69) is 12.6 Å². The molecule has 1 aliphatic rings. The van der Waals surface area contributed by atoms with Crippen LogP contribution in [-0.2, 0) is 6.61 Å². The van der Waals surface area contributed by atoms with Gasteiger partial charge in [0.1, 0.15) is 53.7 Å². The molecule has 0 saturated carbocycles. The molecule has 1 heterocycles. The number of rotatable bonds is 9. The summed E-state index contributed by atoms with van der Waals surface area (Å²) in [5.41, 5.74) is 8.99. The number of carbonyl (C=O) groups is 1. The predicted octanol–water partition coefficient (Wildman–Crippen LogP) is 6.41. The van der Waals surface area contributed by atoms with Gasteiger partial charge in [-0.1, -0.05) is 43.0 Å². The number of esters is 1. The number of ether oxygens (including phenoxy) is 4. The first-order chi connectivity index (χ1) is 19.9. The van der Waals surface area contributed by atoms with Crippen molar-refractivity contribution in [1.29, 1.82) is 5.26 Å². The van der Waals surface area contributed by atoms with Crippen molar-refractivity contribution in [3.05, 3.63) is 143 Å². The lowest BCUT2D eigenvalue weighted by molar-refractivity contribution is 0.0734. The Hall–Kier alpha value is -5.55. The smallest absolute Gasteiger partial charge is 0.343 e. The maximum Gasteiger partial charge on any atom is 0.343 e. The highest BCUT2D eigenvalue weighted by molar-refractivity contribution is 5.91. The lowest BCUT2D eigenvalue weighted by atomic mass is 9.83. The van der Waals surface area contributed by atoms with Crippen LogP contribution in [0.5, 0.6) is 23.0 Å². The van der Waals surface area contributed by atoms with Gasteiger partial charge in [-0.15, -0.1) is 0 Å². The molecule has 0 fully saturated rings. The van der Waals surface area contributed by atoms with Crippen molar-refractivity contribution in [3.8, 4) is 29.1 Å². The minimum atomic E-state index is -0.556. The SMILES string of the molecule is C=CCOc1ccc(C(=O)Oc2ccc3c(c2)OC(N)=C(C#N)C3c2cccc(OCc3ccc(F)cc3)c2)cc1. The van der Waals surface area contributed by atoms with Crippen molar-refractivity contribution in [2.45, 2.75) is 12.5 Å². The minimum absolute atomic E-state index is 0.0405. The van der Waals surface area contributed by atoms with Crippen LogP contribution in [0.1, 0.15) is 33.0 Å². The molecule has 8 heteroatoms. The highest BCUT2D eigenvalue weighted by atomic mass is 19.1. The number of allylic oxidation sites excluding steroid dienone is 1. The summed E-state index contributed by atoms with van der Waals surface area (Å²) in [6.45, 7) is 4.21. The molecule has 1 aliphatic heterocycles. The Kier molecular flexibility index (Phi) is 7.98. The normalized spacial score (nSPS) is 13.8. The molecule has 5 rings (SSSR count). The summed E-state index contributed by atoms with van der Waals surface area (Å²) in [6.07, 6.45) is 1.63. The monoisotopic (exact) mass is 548 g/mol. The summed E-state index contributed by atoms with van der Waals surface area (Å²) in [7, 11) is 0. The maximum atomic E-state index is 13.2. The number of hydrogen-bond acceptors (Lipinski definition) is 7. The van der Waals surface area contributed by atoms with Gasteiger partial charge in [-0.25, -0.2) is 9.18 Å². The molecule has 1 unspecified atom stereocenters. The third-order valence-electron chi connectivity index (χ3n) is 6.37. The average Bonchev–Trinajstić information content (AvgIpc) is 2.99. The number of nitrogens with zero attached hydrogens (tertiary/aromatic N) is 1.